The first kappa shape index (κ1) is 18.6. The fourth-order valence-electron chi connectivity index (χ4n) is 3.60. The second-order valence-electron chi connectivity index (χ2n) is 6.87. The van der Waals surface area contributed by atoms with Crippen LogP contribution in [-0.2, 0) is 6.18 Å². The number of unbranched alkanes of at least 4 members (excludes halogenated alkanes) is 1. The number of para-hydroxylation sites is 1. The number of halogens is 3. The monoisotopic (exact) mass is 367 g/mol. The molecule has 1 aromatic heterocycles. The lowest BCUT2D eigenvalue weighted by molar-refractivity contribution is -0.141. The van der Waals surface area contributed by atoms with E-state index in [9.17, 15) is 13.2 Å². The first-order chi connectivity index (χ1) is 12.0. The molecule has 0 saturated heterocycles. The number of benzene rings is 1. The highest BCUT2D eigenvalue weighted by atomic mass is 32.2. The Bertz CT molecular complexity index is 693. The van der Waals surface area contributed by atoms with Gasteiger partial charge in [-0.1, -0.05) is 63.1 Å². The number of thioether (sulfide) groups is 1. The second kappa shape index (κ2) is 8.43. The van der Waals surface area contributed by atoms with Crippen LogP contribution in [0.5, 0.6) is 0 Å². The van der Waals surface area contributed by atoms with E-state index in [0.717, 1.165) is 23.5 Å². The van der Waals surface area contributed by atoms with Crippen LogP contribution in [0.2, 0.25) is 0 Å². The first-order valence-electron chi connectivity index (χ1n) is 9.14. The van der Waals surface area contributed by atoms with E-state index in [0.29, 0.717) is 10.4 Å². The minimum absolute atomic E-state index is 0.419. The third-order valence-electron chi connectivity index (χ3n) is 4.96. The molecule has 1 aromatic carbocycles. The highest BCUT2D eigenvalue weighted by Crippen LogP contribution is 2.35. The third kappa shape index (κ3) is 5.13. The summed E-state index contributed by atoms with van der Waals surface area (Å²) in [5.41, 5.74) is -0.377. The Morgan fingerprint density at radius 1 is 1.04 bits per heavy atom. The van der Waals surface area contributed by atoms with Gasteiger partial charge in [-0.25, -0.2) is 4.98 Å². The van der Waals surface area contributed by atoms with Gasteiger partial charge in [0.05, 0.1) is 5.52 Å². The maximum absolute atomic E-state index is 13.1. The van der Waals surface area contributed by atoms with Gasteiger partial charge < -0.3 is 0 Å². The maximum Gasteiger partial charge on any atom is 0.433 e. The molecule has 1 aliphatic carbocycles. The van der Waals surface area contributed by atoms with Crippen LogP contribution in [0, 0.1) is 5.92 Å². The minimum Gasteiger partial charge on any atom is -0.243 e. The van der Waals surface area contributed by atoms with Gasteiger partial charge in [0, 0.05) is 10.3 Å². The van der Waals surface area contributed by atoms with Crippen molar-refractivity contribution in [3.05, 3.63) is 36.0 Å². The Hall–Kier alpha value is -1.23. The Kier molecular flexibility index (Phi) is 6.26. The molecule has 1 aliphatic rings. The molecule has 2 aromatic rings. The summed E-state index contributed by atoms with van der Waals surface area (Å²) in [5.74, 6) is 1.73. The van der Waals surface area contributed by atoms with Crippen molar-refractivity contribution in [2.75, 3.05) is 5.75 Å². The average molecular weight is 367 g/mol. The van der Waals surface area contributed by atoms with Gasteiger partial charge in [-0.2, -0.15) is 13.2 Å². The molecule has 3 rings (SSSR count). The summed E-state index contributed by atoms with van der Waals surface area (Å²) in [6.45, 7) is 0. The van der Waals surface area contributed by atoms with Crippen molar-refractivity contribution < 1.29 is 13.2 Å². The van der Waals surface area contributed by atoms with E-state index in [-0.39, 0.29) is 0 Å². The molecule has 5 heteroatoms. The molecular formula is C20H24F3NS. The van der Waals surface area contributed by atoms with E-state index in [1.165, 1.54) is 62.8 Å². The summed E-state index contributed by atoms with van der Waals surface area (Å²) in [4.78, 5) is 4.46. The van der Waals surface area contributed by atoms with E-state index in [4.69, 9.17) is 0 Å². The van der Waals surface area contributed by atoms with Crippen LogP contribution in [0.4, 0.5) is 13.2 Å². The van der Waals surface area contributed by atoms with Crippen LogP contribution in [0.3, 0.4) is 0 Å². The lowest BCUT2D eigenvalue weighted by Gasteiger charge is -2.21. The van der Waals surface area contributed by atoms with Gasteiger partial charge in [-0.15, -0.1) is 11.8 Å². The standard InChI is InChI=1S/C20H24F3NS/c21-20(22,23)19-14-18(16-11-4-5-12-17(16)24-19)25-13-7-6-10-15-8-2-1-3-9-15/h4-5,11-12,14-15H,1-3,6-10,13H2. The zero-order chi connectivity index (χ0) is 17.7. The molecule has 1 fully saturated rings. The molecule has 1 saturated carbocycles. The topological polar surface area (TPSA) is 12.9 Å². The number of aromatic nitrogens is 1. The van der Waals surface area contributed by atoms with Crippen molar-refractivity contribution in [2.24, 2.45) is 5.92 Å². The number of hydrogen-bond donors (Lipinski definition) is 0. The summed E-state index contributed by atoms with van der Waals surface area (Å²) in [6.07, 6.45) is 5.92. The van der Waals surface area contributed by atoms with Gasteiger partial charge in [0.25, 0.3) is 0 Å². The Balaban J connectivity index is 1.60. The molecule has 0 aliphatic heterocycles. The number of pyridine rings is 1. The largest absolute Gasteiger partial charge is 0.433 e. The number of fused-ring (bicyclic) bond motifs is 1. The molecule has 1 nitrogen and oxygen atoms in total. The summed E-state index contributed by atoms with van der Waals surface area (Å²) in [7, 11) is 0. The summed E-state index contributed by atoms with van der Waals surface area (Å²) in [5, 5.41) is 0.813. The van der Waals surface area contributed by atoms with Crippen molar-refractivity contribution in [1.29, 1.82) is 0 Å². The summed E-state index contributed by atoms with van der Waals surface area (Å²) < 4.78 is 39.2. The number of nitrogens with zero attached hydrogens (tertiary/aromatic N) is 1. The van der Waals surface area contributed by atoms with Crippen LogP contribution >= 0.6 is 11.8 Å². The van der Waals surface area contributed by atoms with Gasteiger partial charge in [0.1, 0.15) is 5.69 Å². The lowest BCUT2D eigenvalue weighted by Crippen LogP contribution is -2.08. The van der Waals surface area contributed by atoms with E-state index < -0.39 is 11.9 Å². The molecular weight excluding hydrogens is 343 g/mol. The average Bonchev–Trinajstić information content (AvgIpc) is 2.61. The molecule has 136 valence electrons. The van der Waals surface area contributed by atoms with Gasteiger partial charge in [-0.3, -0.25) is 0 Å². The number of rotatable bonds is 6. The second-order valence-corrected chi connectivity index (χ2v) is 8.01. The third-order valence-corrected chi connectivity index (χ3v) is 6.10. The number of alkyl halides is 3. The van der Waals surface area contributed by atoms with E-state index in [1.807, 2.05) is 12.1 Å². The van der Waals surface area contributed by atoms with Gasteiger partial charge >= 0.3 is 6.18 Å². The van der Waals surface area contributed by atoms with Crippen molar-refractivity contribution in [3.8, 4) is 0 Å². The fourth-order valence-corrected chi connectivity index (χ4v) is 4.69. The highest BCUT2D eigenvalue weighted by molar-refractivity contribution is 7.99. The van der Waals surface area contributed by atoms with Crippen LogP contribution in [0.15, 0.2) is 35.2 Å². The van der Waals surface area contributed by atoms with Crippen molar-refractivity contribution in [3.63, 3.8) is 0 Å². The maximum atomic E-state index is 13.1. The number of hydrogen-bond acceptors (Lipinski definition) is 2. The van der Waals surface area contributed by atoms with Gasteiger partial charge in [-0.05, 0) is 30.2 Å². The van der Waals surface area contributed by atoms with Crippen LogP contribution in [0.25, 0.3) is 10.9 Å². The van der Waals surface area contributed by atoms with Crippen molar-refractivity contribution in [2.45, 2.75) is 62.4 Å². The smallest absolute Gasteiger partial charge is 0.243 e. The molecule has 0 atom stereocenters. The molecule has 0 radical (unpaired) electrons. The first-order valence-corrected chi connectivity index (χ1v) is 10.1. The normalized spacial score (nSPS) is 16.4. The van der Waals surface area contributed by atoms with Gasteiger partial charge in [0.15, 0.2) is 0 Å². The Morgan fingerprint density at radius 3 is 2.56 bits per heavy atom. The molecule has 0 N–H and O–H groups in total. The lowest BCUT2D eigenvalue weighted by atomic mass is 9.86. The predicted octanol–water partition coefficient (Wildman–Crippen LogP) is 7.10. The van der Waals surface area contributed by atoms with E-state index in [2.05, 4.69) is 4.98 Å². The van der Waals surface area contributed by atoms with Gasteiger partial charge in [0.2, 0.25) is 0 Å². The van der Waals surface area contributed by atoms with Crippen molar-refractivity contribution in [1.82, 2.24) is 4.98 Å². The fraction of sp³-hybridized carbons (Fsp3) is 0.550. The molecule has 0 unspecified atom stereocenters. The molecule has 0 spiro atoms. The minimum atomic E-state index is -4.40. The highest BCUT2D eigenvalue weighted by Gasteiger charge is 2.33. The van der Waals surface area contributed by atoms with Crippen LogP contribution in [0.1, 0.15) is 57.1 Å². The molecule has 0 amide bonds. The van der Waals surface area contributed by atoms with Crippen LogP contribution in [-0.4, -0.2) is 10.7 Å². The predicted molar refractivity (Wildman–Crippen MR) is 97.9 cm³/mol. The SMILES string of the molecule is FC(F)(F)c1cc(SCCCCC2CCCCC2)c2ccccc2n1. The van der Waals surface area contributed by atoms with Crippen LogP contribution < -0.4 is 0 Å². The van der Waals surface area contributed by atoms with E-state index >= 15 is 0 Å². The quantitative estimate of drug-likeness (QED) is 0.399. The summed E-state index contributed by atoms with van der Waals surface area (Å²) in [6, 6.07) is 8.29. The zero-order valence-electron chi connectivity index (χ0n) is 14.3. The molecule has 25 heavy (non-hydrogen) atoms. The van der Waals surface area contributed by atoms with E-state index in [1.54, 1.807) is 12.1 Å². The Labute approximate surface area is 151 Å². The Morgan fingerprint density at radius 2 is 1.80 bits per heavy atom. The molecule has 1 heterocycles. The molecule has 0 bridgehead atoms. The summed E-state index contributed by atoms with van der Waals surface area (Å²) >= 11 is 1.53. The van der Waals surface area contributed by atoms with Crippen molar-refractivity contribution >= 4 is 22.7 Å². The zero-order valence-corrected chi connectivity index (χ0v) is 15.1.